The monoisotopic (exact) mass is 518 g/mol. The van der Waals surface area contributed by atoms with Gasteiger partial charge in [0.05, 0.1) is 0 Å². The van der Waals surface area contributed by atoms with Gasteiger partial charge in [-0.25, -0.2) is 0 Å². The van der Waals surface area contributed by atoms with Crippen LogP contribution in [0.2, 0.25) is 0 Å². The number of hydrogen-bond donors (Lipinski definition) is 0. The quantitative estimate of drug-likeness (QED) is 0.235. The average molecular weight is 520 g/mol. The number of aryl methyl sites for hydroxylation is 2. The molecule has 0 radical (unpaired) electrons. The Morgan fingerprint density at radius 2 is 1.40 bits per heavy atom. The lowest BCUT2D eigenvalue weighted by atomic mass is 9.43. The third-order valence-corrected chi connectivity index (χ3v) is 10.9. The van der Waals surface area contributed by atoms with Crippen molar-refractivity contribution in [3.05, 3.63) is 93.5 Å². The van der Waals surface area contributed by atoms with Crippen LogP contribution in [-0.4, -0.2) is 0 Å². The van der Waals surface area contributed by atoms with Crippen LogP contribution in [0, 0.1) is 37.5 Å². The van der Waals surface area contributed by atoms with Crippen LogP contribution in [0.4, 0.5) is 0 Å². The molecule has 0 aromatic heterocycles. The van der Waals surface area contributed by atoms with Crippen molar-refractivity contribution in [2.75, 3.05) is 0 Å². The number of benzene rings is 4. The molecule has 0 unspecified atom stereocenters. The van der Waals surface area contributed by atoms with Gasteiger partial charge in [0.15, 0.2) is 0 Å². The first kappa shape index (κ1) is 20.8. The van der Waals surface area contributed by atoms with Crippen molar-refractivity contribution in [1.82, 2.24) is 0 Å². The van der Waals surface area contributed by atoms with E-state index in [2.05, 4.69) is 96.5 Å². The summed E-state index contributed by atoms with van der Waals surface area (Å²) in [5.74, 6) is 3.57. The van der Waals surface area contributed by atoms with E-state index in [1.807, 2.05) is 0 Å². The Bertz CT molecular complexity index is 1510. The summed E-state index contributed by atoms with van der Waals surface area (Å²) in [4.78, 5) is 0. The molecule has 0 saturated heterocycles. The van der Waals surface area contributed by atoms with Crippen LogP contribution < -0.4 is 0 Å². The summed E-state index contributed by atoms with van der Waals surface area (Å²) in [5.41, 5.74) is 12.0. The fraction of sp³-hybridized carbons (Fsp3) is 0.353. The zero-order valence-electron chi connectivity index (χ0n) is 20.6. The van der Waals surface area contributed by atoms with Gasteiger partial charge in [-0.2, -0.15) is 0 Å². The first-order valence-corrected chi connectivity index (χ1v) is 14.3. The molecule has 0 aliphatic heterocycles. The Labute approximate surface area is 216 Å². The Hall–Kier alpha value is -2.38. The molecule has 1 spiro atoms. The summed E-state index contributed by atoms with van der Waals surface area (Å²) in [7, 11) is 0. The van der Waals surface area contributed by atoms with Crippen molar-refractivity contribution in [2.45, 2.75) is 51.4 Å². The van der Waals surface area contributed by atoms with Crippen LogP contribution >= 0.6 is 15.9 Å². The van der Waals surface area contributed by atoms with Crippen molar-refractivity contribution < 1.29 is 0 Å². The van der Waals surface area contributed by atoms with E-state index in [0.717, 1.165) is 23.7 Å². The van der Waals surface area contributed by atoms with E-state index in [9.17, 15) is 0 Å². The van der Waals surface area contributed by atoms with E-state index in [-0.39, 0.29) is 5.41 Å². The lowest BCUT2D eigenvalue weighted by molar-refractivity contribution is -0.0399. The van der Waals surface area contributed by atoms with Crippen molar-refractivity contribution >= 4 is 26.7 Å². The summed E-state index contributed by atoms with van der Waals surface area (Å²) in [5, 5.41) is 2.68. The standard InChI is InChI=1S/C34H31Br/c1-19-7-9-28-29(11-19)32(35)12-20(2)33(28)23-8-10-27-26-5-3-4-6-30(26)34(31(27)18-23)24-14-21-13-22(16-24)17-25(34)15-21/h3-12,18,21-22,24-25H,13-17H2,1-2H3. The first-order chi connectivity index (χ1) is 17.0. The van der Waals surface area contributed by atoms with Gasteiger partial charge in [0.25, 0.3) is 0 Å². The van der Waals surface area contributed by atoms with Crippen LogP contribution in [0.25, 0.3) is 33.0 Å². The zero-order valence-corrected chi connectivity index (χ0v) is 22.2. The van der Waals surface area contributed by atoms with E-state index in [1.54, 1.807) is 11.1 Å². The first-order valence-electron chi connectivity index (χ1n) is 13.5. The highest BCUT2D eigenvalue weighted by molar-refractivity contribution is 9.10. The minimum atomic E-state index is 0.227. The largest absolute Gasteiger partial charge is 0.0619 e. The lowest BCUT2D eigenvalue weighted by Gasteiger charge is -2.61. The van der Waals surface area contributed by atoms with Gasteiger partial charge in [0.1, 0.15) is 0 Å². The summed E-state index contributed by atoms with van der Waals surface area (Å²) in [6, 6.07) is 26.2. The van der Waals surface area contributed by atoms with Gasteiger partial charge in [-0.05, 0) is 131 Å². The normalized spacial score (nSPS) is 29.7. The van der Waals surface area contributed by atoms with Gasteiger partial charge in [0.2, 0.25) is 0 Å². The summed E-state index contributed by atoms with van der Waals surface area (Å²) < 4.78 is 1.20. The molecule has 1 heteroatoms. The fourth-order valence-corrected chi connectivity index (χ4v) is 9.99. The molecule has 4 aromatic carbocycles. The number of hydrogen-bond acceptors (Lipinski definition) is 0. The topological polar surface area (TPSA) is 0 Å². The molecule has 0 amide bonds. The lowest BCUT2D eigenvalue weighted by Crippen LogP contribution is -2.55. The molecule has 0 nitrogen and oxygen atoms in total. The molecular weight excluding hydrogens is 488 g/mol. The van der Waals surface area contributed by atoms with Crippen molar-refractivity contribution in [2.24, 2.45) is 23.7 Å². The second-order valence-electron chi connectivity index (χ2n) is 12.1. The third-order valence-electron chi connectivity index (χ3n) is 10.3. The summed E-state index contributed by atoms with van der Waals surface area (Å²) >= 11 is 3.86. The maximum absolute atomic E-state index is 3.86. The van der Waals surface area contributed by atoms with Gasteiger partial charge in [-0.15, -0.1) is 0 Å². The Morgan fingerprint density at radius 1 is 0.686 bits per heavy atom. The molecule has 0 atom stereocenters. The van der Waals surface area contributed by atoms with Gasteiger partial charge < -0.3 is 0 Å². The van der Waals surface area contributed by atoms with Crippen molar-refractivity contribution in [3.63, 3.8) is 0 Å². The molecule has 5 aliphatic carbocycles. The number of rotatable bonds is 1. The van der Waals surface area contributed by atoms with Gasteiger partial charge in [-0.1, -0.05) is 76.1 Å². The minimum absolute atomic E-state index is 0.227. The zero-order chi connectivity index (χ0) is 23.5. The average Bonchev–Trinajstić information content (AvgIpc) is 3.13. The molecule has 4 bridgehead atoms. The predicted octanol–water partition coefficient (Wildman–Crippen LogP) is 9.61. The van der Waals surface area contributed by atoms with E-state index in [1.165, 1.54) is 80.7 Å². The van der Waals surface area contributed by atoms with E-state index < -0.39 is 0 Å². The highest BCUT2D eigenvalue weighted by Gasteiger charge is 2.61. The molecule has 0 heterocycles. The molecule has 9 rings (SSSR count). The Kier molecular flexibility index (Phi) is 4.21. The number of fused-ring (bicyclic) bond motifs is 4. The van der Waals surface area contributed by atoms with E-state index in [0.29, 0.717) is 0 Å². The second kappa shape index (κ2) is 7.10. The highest BCUT2D eigenvalue weighted by Crippen LogP contribution is 2.69. The molecule has 4 fully saturated rings. The maximum atomic E-state index is 3.86. The van der Waals surface area contributed by atoms with Crippen LogP contribution in [0.3, 0.4) is 0 Å². The van der Waals surface area contributed by atoms with Crippen LogP contribution in [0.5, 0.6) is 0 Å². The highest BCUT2D eigenvalue weighted by atomic mass is 79.9. The summed E-state index contributed by atoms with van der Waals surface area (Å²) in [6.07, 6.45) is 7.24. The van der Waals surface area contributed by atoms with Crippen LogP contribution in [0.15, 0.2) is 71.2 Å². The van der Waals surface area contributed by atoms with Gasteiger partial charge in [-0.3, -0.25) is 0 Å². The maximum Gasteiger partial charge on any atom is 0.0272 e. The van der Waals surface area contributed by atoms with Crippen molar-refractivity contribution in [1.29, 1.82) is 0 Å². The minimum Gasteiger partial charge on any atom is -0.0619 e. The summed E-state index contributed by atoms with van der Waals surface area (Å²) in [6.45, 7) is 4.47. The third kappa shape index (κ3) is 2.63. The molecular formula is C34H31Br. The van der Waals surface area contributed by atoms with Gasteiger partial charge >= 0.3 is 0 Å². The molecule has 0 N–H and O–H groups in total. The predicted molar refractivity (Wildman–Crippen MR) is 150 cm³/mol. The number of halogens is 1. The fourth-order valence-electron chi connectivity index (χ4n) is 9.32. The smallest absolute Gasteiger partial charge is 0.0272 e. The Morgan fingerprint density at radius 3 is 2.17 bits per heavy atom. The SMILES string of the molecule is Cc1ccc2c(-c3ccc4c(c3)C3(c5ccccc5-4)C4CC5CC(C4)CC3C5)c(C)cc(Br)c2c1. The molecule has 4 aromatic rings. The van der Waals surface area contributed by atoms with Gasteiger partial charge in [0, 0.05) is 9.89 Å². The second-order valence-corrected chi connectivity index (χ2v) is 12.9. The molecule has 5 aliphatic rings. The molecule has 35 heavy (non-hydrogen) atoms. The van der Waals surface area contributed by atoms with Crippen molar-refractivity contribution in [3.8, 4) is 22.3 Å². The van der Waals surface area contributed by atoms with Crippen LogP contribution in [0.1, 0.15) is 54.4 Å². The van der Waals surface area contributed by atoms with E-state index >= 15 is 0 Å². The Balaban J connectivity index is 1.40. The molecule has 174 valence electrons. The van der Waals surface area contributed by atoms with Crippen LogP contribution in [-0.2, 0) is 5.41 Å². The van der Waals surface area contributed by atoms with E-state index in [4.69, 9.17) is 0 Å². The molecule has 4 saturated carbocycles.